The third-order valence-corrected chi connectivity index (χ3v) is 7.81. The molecule has 3 aromatic rings. The van der Waals surface area contributed by atoms with Crippen LogP contribution in [0, 0.1) is 0 Å². The third-order valence-electron chi connectivity index (χ3n) is 4.06. The number of benzene rings is 2. The van der Waals surface area contributed by atoms with Crippen LogP contribution in [0.5, 0.6) is 0 Å². The largest absolute Gasteiger partial charge is 0.371 e. The first-order valence-corrected chi connectivity index (χ1v) is 11.2. The van der Waals surface area contributed by atoms with Gasteiger partial charge in [0.05, 0.1) is 12.1 Å². The Morgan fingerprint density at radius 1 is 0.857 bits per heavy atom. The minimum atomic E-state index is -5.59. The van der Waals surface area contributed by atoms with Crippen LogP contribution in [0.2, 0.25) is 0 Å². The molecule has 3 rings (SSSR count). The van der Waals surface area contributed by atoms with Crippen molar-refractivity contribution < 1.29 is 33.8 Å². The lowest BCUT2D eigenvalue weighted by atomic mass is 10.2. The second kappa shape index (κ2) is 7.35. The van der Waals surface area contributed by atoms with Gasteiger partial charge in [-0.2, -0.15) is 0 Å². The molecule has 0 spiro atoms. The quantitative estimate of drug-likeness (QED) is 0.319. The summed E-state index contributed by atoms with van der Waals surface area (Å²) in [6.45, 7) is -1.13. The maximum absolute atomic E-state index is 11.6. The van der Waals surface area contributed by atoms with Crippen LogP contribution < -0.4 is 5.32 Å². The topological polar surface area (TPSA) is 173 Å². The lowest BCUT2D eigenvalue weighted by molar-refractivity contribution is 0.141. The second-order valence-corrected chi connectivity index (χ2v) is 10.0. The summed E-state index contributed by atoms with van der Waals surface area (Å²) in [7, 11) is -11.2. The minimum absolute atomic E-state index is 0.0600. The Balaban J connectivity index is 2.07. The van der Waals surface area contributed by atoms with E-state index in [1.165, 1.54) is 0 Å². The molecule has 0 fully saturated rings. The van der Waals surface area contributed by atoms with Gasteiger partial charge in [0.25, 0.3) is 5.08 Å². The Kier molecular flexibility index (Phi) is 5.40. The fraction of sp³-hybridized carbons (Fsp3) is 0.125. The second-order valence-electron chi connectivity index (χ2n) is 5.99. The van der Waals surface area contributed by atoms with Crippen molar-refractivity contribution in [2.45, 2.75) is 5.08 Å². The minimum Gasteiger partial charge on any atom is -0.366 e. The van der Waals surface area contributed by atoms with Gasteiger partial charge in [0, 0.05) is 10.9 Å². The molecule has 148 valence electrons. The van der Waals surface area contributed by atoms with Crippen molar-refractivity contribution in [3.05, 3.63) is 54.6 Å². The molecule has 12 heteroatoms. The van der Waals surface area contributed by atoms with Crippen LogP contribution in [0.4, 0.5) is 5.82 Å². The van der Waals surface area contributed by atoms with E-state index in [4.69, 9.17) is 0 Å². The first-order chi connectivity index (χ1) is 13.0. The third kappa shape index (κ3) is 3.85. The number of nitrogens with zero attached hydrogens (tertiary/aromatic N) is 2. The van der Waals surface area contributed by atoms with Gasteiger partial charge < -0.3 is 30.0 Å². The van der Waals surface area contributed by atoms with E-state index >= 15 is 0 Å². The zero-order chi connectivity index (χ0) is 20.6. The number of hydrogen-bond donors (Lipinski definition) is 6. The van der Waals surface area contributed by atoms with Crippen molar-refractivity contribution in [2.75, 3.05) is 11.9 Å². The maximum Gasteiger partial charge on any atom is 0.371 e. The molecule has 10 nitrogen and oxygen atoms in total. The molecule has 0 unspecified atom stereocenters. The highest BCUT2D eigenvalue weighted by Gasteiger charge is 2.59. The van der Waals surface area contributed by atoms with Crippen LogP contribution in [-0.2, 0) is 9.13 Å². The molecule has 0 aliphatic carbocycles. The van der Waals surface area contributed by atoms with Gasteiger partial charge >= 0.3 is 15.2 Å². The molecular formula is C16H17N3O7P2. The number of rotatable bonds is 6. The Morgan fingerprint density at radius 2 is 1.43 bits per heavy atom. The average molecular weight is 425 g/mol. The Bertz CT molecular complexity index is 1080. The molecule has 0 amide bonds. The predicted octanol–water partition coefficient (Wildman–Crippen LogP) is 1.71. The van der Waals surface area contributed by atoms with E-state index < -0.39 is 26.8 Å². The monoisotopic (exact) mass is 425 g/mol. The summed E-state index contributed by atoms with van der Waals surface area (Å²) in [5, 5.41) is 9.38. The van der Waals surface area contributed by atoms with Gasteiger partial charge in [0.2, 0.25) is 0 Å². The van der Waals surface area contributed by atoms with Crippen LogP contribution in [0.15, 0.2) is 54.6 Å². The summed E-state index contributed by atoms with van der Waals surface area (Å²) >= 11 is 0. The lowest BCUT2D eigenvalue weighted by Crippen LogP contribution is -2.36. The number of aliphatic hydroxyl groups is 1. The molecule has 6 N–H and O–H groups in total. The van der Waals surface area contributed by atoms with Crippen LogP contribution in [0.3, 0.4) is 0 Å². The summed E-state index contributed by atoms with van der Waals surface area (Å²) in [6, 6.07) is 15.6. The molecule has 0 aliphatic rings. The van der Waals surface area contributed by atoms with Crippen LogP contribution >= 0.6 is 15.2 Å². The Morgan fingerprint density at radius 3 is 2.04 bits per heavy atom. The number of hydrogen-bond acceptors (Lipinski definition) is 6. The van der Waals surface area contributed by atoms with Crippen molar-refractivity contribution in [3.63, 3.8) is 0 Å². The van der Waals surface area contributed by atoms with Crippen LogP contribution in [-0.4, -0.2) is 46.3 Å². The van der Waals surface area contributed by atoms with E-state index in [1.807, 2.05) is 6.07 Å². The summed E-state index contributed by atoms with van der Waals surface area (Å²) < 4.78 is 23.1. The zero-order valence-corrected chi connectivity index (χ0v) is 16.0. The number of nitrogens with one attached hydrogen (secondary N) is 1. The first kappa shape index (κ1) is 20.6. The van der Waals surface area contributed by atoms with Crippen molar-refractivity contribution in [3.8, 4) is 11.4 Å². The van der Waals surface area contributed by atoms with E-state index in [0.29, 0.717) is 16.5 Å². The van der Waals surface area contributed by atoms with Crippen molar-refractivity contribution >= 4 is 31.9 Å². The molecule has 1 aromatic heterocycles. The van der Waals surface area contributed by atoms with E-state index in [9.17, 15) is 33.8 Å². The van der Waals surface area contributed by atoms with E-state index in [1.54, 1.807) is 48.5 Å². The molecule has 0 bridgehead atoms. The number of para-hydroxylation sites is 1. The molecule has 0 saturated carbocycles. The Labute approximate surface area is 159 Å². The van der Waals surface area contributed by atoms with E-state index in [2.05, 4.69) is 15.3 Å². The first-order valence-electron chi connectivity index (χ1n) is 7.93. The molecule has 28 heavy (non-hydrogen) atoms. The van der Waals surface area contributed by atoms with Gasteiger partial charge in [0.15, 0.2) is 5.82 Å². The van der Waals surface area contributed by atoms with Gasteiger partial charge in [-0.3, -0.25) is 9.13 Å². The van der Waals surface area contributed by atoms with Gasteiger partial charge in [-0.05, 0) is 12.1 Å². The lowest BCUT2D eigenvalue weighted by Gasteiger charge is -2.29. The van der Waals surface area contributed by atoms with E-state index in [0.717, 1.165) is 0 Å². The highest BCUT2D eigenvalue weighted by atomic mass is 31.2. The highest BCUT2D eigenvalue weighted by molar-refractivity contribution is 7.72. The standard InChI is InChI=1S/C16H17N3O7P2/c20-16(27(21,22)23,28(24,25)26)10-17-15-12-8-4-5-9-13(12)18-14(19-15)11-6-2-1-3-7-11/h1-9,20H,10H2,(H,17,18,19)(H2,21,22,23)(H2,24,25,26). The summed E-state index contributed by atoms with van der Waals surface area (Å²) in [5.74, 6) is 0.350. The molecule has 0 aliphatic heterocycles. The summed E-state index contributed by atoms with van der Waals surface area (Å²) in [6.07, 6.45) is 0. The molecule has 0 radical (unpaired) electrons. The van der Waals surface area contributed by atoms with Gasteiger partial charge in [-0.25, -0.2) is 9.97 Å². The molecule has 1 heterocycles. The van der Waals surface area contributed by atoms with Gasteiger partial charge in [-0.1, -0.05) is 42.5 Å². The number of aromatic nitrogens is 2. The predicted molar refractivity (Wildman–Crippen MR) is 103 cm³/mol. The highest BCUT2D eigenvalue weighted by Crippen LogP contribution is 2.67. The van der Waals surface area contributed by atoms with Crippen molar-refractivity contribution in [2.24, 2.45) is 0 Å². The van der Waals surface area contributed by atoms with Crippen molar-refractivity contribution in [1.29, 1.82) is 0 Å². The Hall–Kier alpha value is -2.16. The van der Waals surface area contributed by atoms with Crippen LogP contribution in [0.25, 0.3) is 22.3 Å². The van der Waals surface area contributed by atoms with Gasteiger partial charge in [-0.15, -0.1) is 0 Å². The SMILES string of the molecule is O=P(O)(O)C(O)(CNc1nc(-c2ccccc2)nc2ccccc12)P(=O)(O)O. The number of anilines is 1. The number of fused-ring (bicyclic) bond motifs is 1. The molecule has 2 aromatic carbocycles. The molecular weight excluding hydrogens is 408 g/mol. The average Bonchev–Trinajstić information content (AvgIpc) is 2.64. The normalized spacial score (nSPS) is 12.9. The molecule has 0 saturated heterocycles. The maximum atomic E-state index is 11.6. The fourth-order valence-corrected chi connectivity index (χ4v) is 4.43. The van der Waals surface area contributed by atoms with E-state index in [-0.39, 0.29) is 11.6 Å². The fourth-order valence-electron chi connectivity index (χ4n) is 2.51. The summed E-state index contributed by atoms with van der Waals surface area (Å²) in [5.41, 5.74) is 1.16. The van der Waals surface area contributed by atoms with Crippen molar-refractivity contribution in [1.82, 2.24) is 9.97 Å². The summed E-state index contributed by atoms with van der Waals surface area (Å²) in [4.78, 5) is 45.9. The smallest absolute Gasteiger partial charge is 0.366 e. The van der Waals surface area contributed by atoms with Crippen LogP contribution in [0.1, 0.15) is 0 Å². The zero-order valence-electron chi connectivity index (χ0n) is 14.2. The van der Waals surface area contributed by atoms with Gasteiger partial charge in [0.1, 0.15) is 5.82 Å². The molecule has 0 atom stereocenters.